The smallest absolute Gasteiger partial charge is 0.225 e. The molecule has 5 nitrogen and oxygen atoms in total. The maximum absolute atomic E-state index is 12.7. The summed E-state index contributed by atoms with van der Waals surface area (Å²) in [5, 5.41) is 0. The molecule has 1 aromatic carbocycles. The van der Waals surface area contributed by atoms with Crippen molar-refractivity contribution in [1.29, 1.82) is 0 Å². The largest absolute Gasteiger partial charge is 0.486 e. The molecule has 2 fully saturated rings. The lowest BCUT2D eigenvalue weighted by Crippen LogP contribution is -2.50. The number of rotatable bonds is 3. The highest BCUT2D eigenvalue weighted by atomic mass is 16.6. The van der Waals surface area contributed by atoms with Crippen molar-refractivity contribution in [3.05, 3.63) is 23.8 Å². The fourth-order valence-corrected chi connectivity index (χ4v) is 4.18. The summed E-state index contributed by atoms with van der Waals surface area (Å²) in [6.07, 6.45) is 5.93. The summed E-state index contributed by atoms with van der Waals surface area (Å²) in [6.45, 7) is 5.78. The Kier molecular flexibility index (Phi) is 5.11. The van der Waals surface area contributed by atoms with Gasteiger partial charge in [0.25, 0.3) is 0 Å². The molecule has 1 aliphatic carbocycles. The van der Waals surface area contributed by atoms with Gasteiger partial charge in [-0.1, -0.05) is 25.3 Å². The third kappa shape index (κ3) is 3.92. The normalized spacial score (nSPS) is 22.0. The summed E-state index contributed by atoms with van der Waals surface area (Å²) in [6, 6.07) is 6.22. The second-order valence-corrected chi connectivity index (χ2v) is 7.41. The van der Waals surface area contributed by atoms with Gasteiger partial charge in [-0.25, -0.2) is 0 Å². The molecule has 0 bridgehead atoms. The van der Waals surface area contributed by atoms with Crippen molar-refractivity contribution in [2.75, 3.05) is 39.4 Å². The van der Waals surface area contributed by atoms with Gasteiger partial charge < -0.3 is 14.4 Å². The number of fused-ring (bicyclic) bond motifs is 1. The fourth-order valence-electron chi connectivity index (χ4n) is 4.18. The third-order valence-corrected chi connectivity index (χ3v) is 5.65. The van der Waals surface area contributed by atoms with E-state index in [9.17, 15) is 4.79 Å². The van der Waals surface area contributed by atoms with Crippen molar-refractivity contribution in [2.24, 2.45) is 5.92 Å². The van der Waals surface area contributed by atoms with E-state index in [0.29, 0.717) is 19.1 Å². The molecule has 136 valence electrons. The average Bonchev–Trinajstić information content (AvgIpc) is 2.69. The van der Waals surface area contributed by atoms with Crippen molar-refractivity contribution in [3.8, 4) is 11.5 Å². The summed E-state index contributed by atoms with van der Waals surface area (Å²) in [5.74, 6) is 2.39. The average molecular weight is 344 g/mol. The molecule has 3 aliphatic rings. The van der Waals surface area contributed by atoms with E-state index >= 15 is 0 Å². The molecular weight excluding hydrogens is 316 g/mol. The predicted octanol–water partition coefficient (Wildman–Crippen LogP) is 2.68. The van der Waals surface area contributed by atoms with Gasteiger partial charge in [-0.05, 0) is 30.5 Å². The SMILES string of the molecule is O=C(C1CCCCC1)N1CCN(Cc2ccc3c(c2)OCCO3)CC1. The fraction of sp³-hybridized carbons (Fsp3) is 0.650. The highest BCUT2D eigenvalue weighted by Crippen LogP contribution is 2.31. The highest BCUT2D eigenvalue weighted by molar-refractivity contribution is 5.79. The first kappa shape index (κ1) is 16.7. The Bertz CT molecular complexity index is 605. The number of nitrogens with zero attached hydrogens (tertiary/aromatic N) is 2. The van der Waals surface area contributed by atoms with Crippen molar-refractivity contribution < 1.29 is 14.3 Å². The van der Waals surface area contributed by atoms with Crippen LogP contribution in [0.2, 0.25) is 0 Å². The Morgan fingerprint density at radius 2 is 1.68 bits per heavy atom. The summed E-state index contributed by atoms with van der Waals surface area (Å²) in [4.78, 5) is 17.2. The van der Waals surface area contributed by atoms with E-state index in [0.717, 1.165) is 57.1 Å². The van der Waals surface area contributed by atoms with Gasteiger partial charge in [0.05, 0.1) is 0 Å². The van der Waals surface area contributed by atoms with Crippen LogP contribution in [0.4, 0.5) is 0 Å². The van der Waals surface area contributed by atoms with Gasteiger partial charge in [-0.3, -0.25) is 9.69 Å². The number of carbonyl (C=O) groups excluding carboxylic acids is 1. The Balaban J connectivity index is 1.29. The molecule has 0 aromatic heterocycles. The Morgan fingerprint density at radius 3 is 2.44 bits per heavy atom. The number of piperazine rings is 1. The second kappa shape index (κ2) is 7.65. The molecular formula is C20H28N2O3. The van der Waals surface area contributed by atoms with E-state index in [1.807, 2.05) is 6.07 Å². The lowest BCUT2D eigenvalue weighted by molar-refractivity contribution is -0.138. The first-order valence-electron chi connectivity index (χ1n) is 9.69. The lowest BCUT2D eigenvalue weighted by Gasteiger charge is -2.37. The molecule has 5 heteroatoms. The quantitative estimate of drug-likeness (QED) is 0.845. The highest BCUT2D eigenvalue weighted by Gasteiger charge is 2.28. The number of amides is 1. The van der Waals surface area contributed by atoms with Gasteiger partial charge in [0.1, 0.15) is 13.2 Å². The first-order chi connectivity index (χ1) is 12.3. The zero-order valence-electron chi connectivity index (χ0n) is 14.9. The topological polar surface area (TPSA) is 42.0 Å². The molecule has 2 heterocycles. The van der Waals surface area contributed by atoms with Crippen LogP contribution in [-0.4, -0.2) is 55.1 Å². The van der Waals surface area contributed by atoms with Crippen LogP contribution in [0.15, 0.2) is 18.2 Å². The number of hydrogen-bond donors (Lipinski definition) is 0. The Hall–Kier alpha value is -1.75. The van der Waals surface area contributed by atoms with E-state index in [-0.39, 0.29) is 5.92 Å². The van der Waals surface area contributed by atoms with Gasteiger partial charge in [0, 0.05) is 38.6 Å². The molecule has 1 aromatic rings. The molecule has 0 N–H and O–H groups in total. The number of hydrogen-bond acceptors (Lipinski definition) is 4. The molecule has 0 atom stereocenters. The monoisotopic (exact) mass is 344 g/mol. The minimum Gasteiger partial charge on any atom is -0.486 e. The van der Waals surface area contributed by atoms with E-state index in [2.05, 4.69) is 21.9 Å². The van der Waals surface area contributed by atoms with Crippen molar-refractivity contribution in [3.63, 3.8) is 0 Å². The minimum atomic E-state index is 0.290. The standard InChI is InChI=1S/C20H28N2O3/c23-20(17-4-2-1-3-5-17)22-10-8-21(9-11-22)15-16-6-7-18-19(14-16)25-13-12-24-18/h6-7,14,17H,1-5,8-13,15H2. The molecule has 4 rings (SSSR count). The second-order valence-electron chi connectivity index (χ2n) is 7.41. The summed E-state index contributed by atoms with van der Waals surface area (Å²) >= 11 is 0. The molecule has 2 aliphatic heterocycles. The molecule has 25 heavy (non-hydrogen) atoms. The van der Waals surface area contributed by atoms with Gasteiger partial charge in [0.15, 0.2) is 11.5 Å². The van der Waals surface area contributed by atoms with E-state index in [1.54, 1.807) is 0 Å². The van der Waals surface area contributed by atoms with Crippen LogP contribution in [0, 0.1) is 5.92 Å². The van der Waals surface area contributed by atoms with Gasteiger partial charge >= 0.3 is 0 Å². The molecule has 0 spiro atoms. The molecule has 1 saturated carbocycles. The van der Waals surface area contributed by atoms with Gasteiger partial charge in [-0.2, -0.15) is 0 Å². The molecule has 1 amide bonds. The van der Waals surface area contributed by atoms with E-state index in [4.69, 9.17) is 9.47 Å². The van der Waals surface area contributed by atoms with Crippen LogP contribution >= 0.6 is 0 Å². The van der Waals surface area contributed by atoms with Gasteiger partial charge in [0.2, 0.25) is 5.91 Å². The zero-order valence-corrected chi connectivity index (χ0v) is 14.9. The Morgan fingerprint density at radius 1 is 0.960 bits per heavy atom. The van der Waals surface area contributed by atoms with Crippen molar-refractivity contribution in [2.45, 2.75) is 38.6 Å². The van der Waals surface area contributed by atoms with Crippen molar-refractivity contribution in [1.82, 2.24) is 9.80 Å². The van der Waals surface area contributed by atoms with Crippen LogP contribution in [-0.2, 0) is 11.3 Å². The predicted molar refractivity (Wildman–Crippen MR) is 95.9 cm³/mol. The zero-order chi connectivity index (χ0) is 17.1. The molecule has 0 unspecified atom stereocenters. The first-order valence-corrected chi connectivity index (χ1v) is 9.69. The lowest BCUT2D eigenvalue weighted by atomic mass is 9.88. The maximum Gasteiger partial charge on any atom is 0.225 e. The number of ether oxygens (including phenoxy) is 2. The van der Waals surface area contributed by atoms with Crippen LogP contribution < -0.4 is 9.47 Å². The van der Waals surface area contributed by atoms with Crippen LogP contribution in [0.5, 0.6) is 11.5 Å². The minimum absolute atomic E-state index is 0.290. The summed E-state index contributed by atoms with van der Waals surface area (Å²) in [5.41, 5.74) is 1.25. The van der Waals surface area contributed by atoms with Crippen LogP contribution in [0.25, 0.3) is 0 Å². The van der Waals surface area contributed by atoms with Crippen molar-refractivity contribution >= 4 is 5.91 Å². The van der Waals surface area contributed by atoms with E-state index in [1.165, 1.54) is 24.8 Å². The third-order valence-electron chi connectivity index (χ3n) is 5.65. The summed E-state index contributed by atoms with van der Waals surface area (Å²) < 4.78 is 11.3. The molecule has 1 saturated heterocycles. The summed E-state index contributed by atoms with van der Waals surface area (Å²) in [7, 11) is 0. The van der Waals surface area contributed by atoms with E-state index < -0.39 is 0 Å². The number of carbonyl (C=O) groups is 1. The maximum atomic E-state index is 12.7. The van der Waals surface area contributed by atoms with Crippen LogP contribution in [0.1, 0.15) is 37.7 Å². The Labute approximate surface area is 149 Å². The van der Waals surface area contributed by atoms with Crippen LogP contribution in [0.3, 0.4) is 0 Å². The number of benzene rings is 1. The molecule has 0 radical (unpaired) electrons. The van der Waals surface area contributed by atoms with Gasteiger partial charge in [-0.15, -0.1) is 0 Å².